The van der Waals surface area contributed by atoms with Gasteiger partial charge in [0.2, 0.25) is 0 Å². The monoisotopic (exact) mass is 244 g/mol. The fraction of sp³-hybridized carbons (Fsp3) is 0.273. The molecule has 0 spiro atoms. The van der Waals surface area contributed by atoms with Crippen LogP contribution in [0.2, 0.25) is 5.02 Å². The number of esters is 1. The maximum Gasteiger partial charge on any atom is 0.310 e. The highest BCUT2D eigenvalue weighted by molar-refractivity contribution is 6.30. The van der Waals surface area contributed by atoms with Crippen molar-refractivity contribution in [3.63, 3.8) is 0 Å². The van der Waals surface area contributed by atoms with E-state index in [0.29, 0.717) is 6.29 Å². The third-order valence-corrected chi connectivity index (χ3v) is 2.17. The van der Waals surface area contributed by atoms with Gasteiger partial charge in [-0.15, -0.1) is 0 Å². The van der Waals surface area contributed by atoms with Crippen LogP contribution in [0, 0.1) is 5.82 Å². The van der Waals surface area contributed by atoms with Crippen LogP contribution in [0.25, 0.3) is 0 Å². The largest absolute Gasteiger partial charge is 0.466 e. The molecule has 0 fully saturated rings. The summed E-state index contributed by atoms with van der Waals surface area (Å²) in [7, 11) is 0. The summed E-state index contributed by atoms with van der Waals surface area (Å²) in [6, 6.07) is 2.37. The molecule has 1 rings (SSSR count). The lowest BCUT2D eigenvalue weighted by molar-refractivity contribution is -0.142. The Kier molecular flexibility index (Phi) is 4.43. The maximum absolute atomic E-state index is 13.4. The second kappa shape index (κ2) is 5.61. The molecule has 0 saturated heterocycles. The summed E-state index contributed by atoms with van der Waals surface area (Å²) in [4.78, 5) is 21.9. The van der Waals surface area contributed by atoms with E-state index < -0.39 is 11.8 Å². The first-order chi connectivity index (χ1) is 7.58. The predicted octanol–water partition coefficient (Wildman–Crippen LogP) is 2.40. The van der Waals surface area contributed by atoms with Gasteiger partial charge in [-0.1, -0.05) is 11.6 Å². The molecular formula is C11H10ClFO3. The van der Waals surface area contributed by atoms with Gasteiger partial charge in [0, 0.05) is 16.1 Å². The van der Waals surface area contributed by atoms with Crippen molar-refractivity contribution in [2.75, 3.05) is 6.61 Å². The van der Waals surface area contributed by atoms with Crippen LogP contribution >= 0.6 is 11.6 Å². The van der Waals surface area contributed by atoms with E-state index in [9.17, 15) is 14.0 Å². The van der Waals surface area contributed by atoms with Crippen LogP contribution in [-0.2, 0) is 16.0 Å². The first kappa shape index (κ1) is 12.6. The molecule has 0 radical (unpaired) electrons. The molecule has 86 valence electrons. The van der Waals surface area contributed by atoms with Gasteiger partial charge in [0.05, 0.1) is 13.0 Å². The summed E-state index contributed by atoms with van der Waals surface area (Å²) in [5.74, 6) is -1.26. The zero-order valence-electron chi connectivity index (χ0n) is 8.63. The van der Waals surface area contributed by atoms with Gasteiger partial charge in [-0.25, -0.2) is 4.39 Å². The van der Waals surface area contributed by atoms with E-state index in [2.05, 4.69) is 4.74 Å². The summed E-state index contributed by atoms with van der Waals surface area (Å²) < 4.78 is 18.1. The number of halogens is 2. The van der Waals surface area contributed by atoms with Crippen LogP contribution in [0.5, 0.6) is 0 Å². The molecule has 1 aromatic carbocycles. The van der Waals surface area contributed by atoms with Crippen molar-refractivity contribution in [2.24, 2.45) is 0 Å². The van der Waals surface area contributed by atoms with Crippen LogP contribution < -0.4 is 0 Å². The number of hydrogen-bond acceptors (Lipinski definition) is 3. The molecule has 0 unspecified atom stereocenters. The van der Waals surface area contributed by atoms with Crippen molar-refractivity contribution in [1.29, 1.82) is 0 Å². The van der Waals surface area contributed by atoms with Gasteiger partial charge in [-0.3, -0.25) is 9.59 Å². The zero-order chi connectivity index (χ0) is 12.1. The van der Waals surface area contributed by atoms with Crippen LogP contribution in [0.4, 0.5) is 4.39 Å². The molecule has 0 bridgehead atoms. The molecule has 1 aromatic rings. The minimum atomic E-state index is -0.678. The van der Waals surface area contributed by atoms with Crippen molar-refractivity contribution < 1.29 is 18.7 Å². The van der Waals surface area contributed by atoms with E-state index in [1.54, 1.807) is 6.92 Å². The normalized spacial score (nSPS) is 9.94. The highest BCUT2D eigenvalue weighted by atomic mass is 35.5. The van der Waals surface area contributed by atoms with Gasteiger partial charge in [0.25, 0.3) is 0 Å². The number of carbonyl (C=O) groups excluding carboxylic acids is 2. The third kappa shape index (κ3) is 3.03. The summed E-state index contributed by atoms with van der Waals surface area (Å²) in [6.07, 6.45) is 0.189. The van der Waals surface area contributed by atoms with Crippen molar-refractivity contribution in [3.05, 3.63) is 34.1 Å². The topological polar surface area (TPSA) is 43.4 Å². The smallest absolute Gasteiger partial charge is 0.310 e. The molecule has 0 aromatic heterocycles. The maximum atomic E-state index is 13.4. The number of rotatable bonds is 4. The van der Waals surface area contributed by atoms with E-state index in [0.717, 1.165) is 6.07 Å². The molecule has 0 heterocycles. The third-order valence-electron chi connectivity index (χ3n) is 1.95. The van der Waals surface area contributed by atoms with Crippen LogP contribution in [-0.4, -0.2) is 18.9 Å². The van der Waals surface area contributed by atoms with Gasteiger partial charge in [0.1, 0.15) is 5.82 Å². The molecule has 0 aliphatic rings. The van der Waals surface area contributed by atoms with Crippen molar-refractivity contribution in [1.82, 2.24) is 0 Å². The van der Waals surface area contributed by atoms with E-state index in [4.69, 9.17) is 11.6 Å². The fourth-order valence-corrected chi connectivity index (χ4v) is 1.48. The van der Waals surface area contributed by atoms with Gasteiger partial charge in [-0.05, 0) is 19.1 Å². The Balaban J connectivity index is 3.02. The fourth-order valence-electron chi connectivity index (χ4n) is 1.27. The van der Waals surface area contributed by atoms with Crippen molar-refractivity contribution >= 4 is 23.9 Å². The summed E-state index contributed by atoms with van der Waals surface area (Å²) >= 11 is 5.58. The van der Waals surface area contributed by atoms with E-state index in [1.165, 1.54) is 6.07 Å². The first-order valence-corrected chi connectivity index (χ1v) is 5.05. The van der Waals surface area contributed by atoms with E-state index >= 15 is 0 Å². The molecule has 0 atom stereocenters. The number of hydrogen-bond donors (Lipinski definition) is 0. The average molecular weight is 245 g/mol. The highest BCUT2D eigenvalue weighted by Gasteiger charge is 2.14. The Morgan fingerprint density at radius 1 is 1.56 bits per heavy atom. The van der Waals surface area contributed by atoms with Crippen LogP contribution in [0.1, 0.15) is 22.8 Å². The summed E-state index contributed by atoms with van der Waals surface area (Å²) in [6.45, 7) is 1.86. The van der Waals surface area contributed by atoms with Crippen LogP contribution in [0.15, 0.2) is 12.1 Å². The van der Waals surface area contributed by atoms with Crippen LogP contribution in [0.3, 0.4) is 0 Å². The highest BCUT2D eigenvalue weighted by Crippen LogP contribution is 2.19. The SMILES string of the molecule is CCOC(=O)Cc1c(F)cc(Cl)cc1C=O. The first-order valence-electron chi connectivity index (χ1n) is 4.67. The molecule has 3 nitrogen and oxygen atoms in total. The summed E-state index contributed by atoms with van der Waals surface area (Å²) in [5.41, 5.74) is 0.0795. The number of carbonyl (C=O) groups is 2. The van der Waals surface area contributed by atoms with Crippen molar-refractivity contribution in [3.8, 4) is 0 Å². The molecule has 0 amide bonds. The molecular weight excluding hydrogens is 235 g/mol. The lowest BCUT2D eigenvalue weighted by Gasteiger charge is -2.06. The lowest BCUT2D eigenvalue weighted by Crippen LogP contribution is -2.11. The number of benzene rings is 1. The second-order valence-corrected chi connectivity index (χ2v) is 3.49. The quantitative estimate of drug-likeness (QED) is 0.603. The predicted molar refractivity (Wildman–Crippen MR) is 57.1 cm³/mol. The summed E-state index contributed by atoms with van der Waals surface area (Å²) in [5, 5.41) is 0.118. The molecule has 0 saturated carbocycles. The minimum Gasteiger partial charge on any atom is -0.466 e. The Bertz CT molecular complexity index is 418. The van der Waals surface area contributed by atoms with Gasteiger partial charge in [-0.2, -0.15) is 0 Å². The van der Waals surface area contributed by atoms with Gasteiger partial charge in [0.15, 0.2) is 6.29 Å². The van der Waals surface area contributed by atoms with Crippen molar-refractivity contribution in [2.45, 2.75) is 13.3 Å². The Morgan fingerprint density at radius 2 is 2.25 bits per heavy atom. The van der Waals surface area contributed by atoms with Gasteiger partial charge < -0.3 is 4.74 Å². The Morgan fingerprint density at radius 3 is 2.81 bits per heavy atom. The molecule has 16 heavy (non-hydrogen) atoms. The molecule has 0 aliphatic heterocycles. The zero-order valence-corrected chi connectivity index (χ0v) is 9.38. The second-order valence-electron chi connectivity index (χ2n) is 3.06. The standard InChI is InChI=1S/C11H10ClFO3/c1-2-16-11(15)5-9-7(6-14)3-8(12)4-10(9)13/h3-4,6H,2,5H2,1H3. The van der Waals surface area contributed by atoms with E-state index in [-0.39, 0.29) is 29.2 Å². The minimum absolute atomic E-state index is 0.0119. The lowest BCUT2D eigenvalue weighted by atomic mass is 10.0. The van der Waals surface area contributed by atoms with E-state index in [1.807, 2.05) is 0 Å². The number of ether oxygens (including phenoxy) is 1. The molecule has 5 heteroatoms. The Labute approximate surface area is 97.2 Å². The Hall–Kier alpha value is -1.42. The number of aldehydes is 1. The average Bonchev–Trinajstić information content (AvgIpc) is 2.22. The molecule has 0 aliphatic carbocycles. The molecule has 0 N–H and O–H groups in total. The van der Waals surface area contributed by atoms with Gasteiger partial charge >= 0.3 is 5.97 Å².